The average molecular weight is 428 g/mol. The first-order valence-electron chi connectivity index (χ1n) is 8.07. The smallest absolute Gasteiger partial charge is 0.337 e. The summed E-state index contributed by atoms with van der Waals surface area (Å²) in [6.07, 6.45) is -9.02. The zero-order valence-corrected chi connectivity index (χ0v) is 15.0. The number of hydrogen-bond acceptors (Lipinski definition) is 4. The van der Waals surface area contributed by atoms with Gasteiger partial charge >= 0.3 is 12.4 Å². The van der Waals surface area contributed by atoms with Crippen molar-refractivity contribution >= 4 is 33.2 Å². The summed E-state index contributed by atoms with van der Waals surface area (Å²) < 4.78 is 77.8. The number of hydrogen-bond donors (Lipinski definition) is 2. The Kier molecular flexibility index (Phi) is 4.49. The lowest BCUT2D eigenvalue weighted by Crippen LogP contribution is -2.08. The lowest BCUT2D eigenvalue weighted by Gasteiger charge is -2.12. The lowest BCUT2D eigenvalue weighted by atomic mass is 10.2. The molecule has 0 aliphatic carbocycles. The highest BCUT2D eigenvalue weighted by Crippen LogP contribution is 2.37. The minimum Gasteiger partial charge on any atom is -0.337 e. The van der Waals surface area contributed by atoms with Gasteiger partial charge in [-0.1, -0.05) is 12.1 Å². The maximum atomic E-state index is 13.1. The second-order valence-electron chi connectivity index (χ2n) is 6.02. The van der Waals surface area contributed by atoms with Gasteiger partial charge in [0.05, 0.1) is 27.8 Å². The fourth-order valence-electron chi connectivity index (χ4n) is 2.70. The van der Waals surface area contributed by atoms with Crippen LogP contribution in [-0.2, 0) is 12.4 Å². The highest BCUT2D eigenvalue weighted by atomic mass is 32.1. The quantitative estimate of drug-likeness (QED) is 0.368. The van der Waals surface area contributed by atoms with Crippen LogP contribution in [-0.4, -0.2) is 15.0 Å². The molecule has 2 aromatic carbocycles. The standard InChI is InChI=1S/C18H10F6N4S/c19-17(20,21)9-5-6-12-13(7-9)26-15(25-12)14-8-29-16(28-14)27-11-4-2-1-3-10(11)18(22,23)24/h1-8H,(H,25,26)(H,27,28). The molecule has 0 bridgehead atoms. The monoisotopic (exact) mass is 428 g/mol. The van der Waals surface area contributed by atoms with Crippen molar-refractivity contribution in [2.75, 3.05) is 5.32 Å². The Bertz CT molecular complexity index is 1180. The Hall–Kier alpha value is -3.08. The molecule has 2 aromatic heterocycles. The fourth-order valence-corrected chi connectivity index (χ4v) is 3.41. The van der Waals surface area contributed by atoms with E-state index in [9.17, 15) is 26.3 Å². The van der Waals surface area contributed by atoms with Gasteiger partial charge in [-0.05, 0) is 30.3 Å². The van der Waals surface area contributed by atoms with Crippen molar-refractivity contribution in [2.45, 2.75) is 12.4 Å². The first-order valence-corrected chi connectivity index (χ1v) is 8.95. The number of aromatic nitrogens is 3. The van der Waals surface area contributed by atoms with E-state index >= 15 is 0 Å². The fraction of sp³-hybridized carbons (Fsp3) is 0.111. The molecule has 2 N–H and O–H groups in total. The average Bonchev–Trinajstić information content (AvgIpc) is 3.26. The number of benzene rings is 2. The zero-order chi connectivity index (χ0) is 20.8. The molecule has 11 heteroatoms. The summed E-state index contributed by atoms with van der Waals surface area (Å²) >= 11 is 1.05. The summed E-state index contributed by atoms with van der Waals surface area (Å²) in [6.45, 7) is 0. The van der Waals surface area contributed by atoms with Gasteiger partial charge < -0.3 is 10.3 Å². The molecule has 4 nitrogen and oxygen atoms in total. The summed E-state index contributed by atoms with van der Waals surface area (Å²) in [5.74, 6) is 0.215. The van der Waals surface area contributed by atoms with Crippen LogP contribution in [0.25, 0.3) is 22.6 Å². The van der Waals surface area contributed by atoms with E-state index < -0.39 is 23.5 Å². The molecule has 0 saturated carbocycles. The van der Waals surface area contributed by atoms with E-state index in [1.54, 1.807) is 5.38 Å². The van der Waals surface area contributed by atoms with Crippen LogP contribution < -0.4 is 5.32 Å². The van der Waals surface area contributed by atoms with E-state index in [-0.39, 0.29) is 22.2 Å². The molecule has 0 fully saturated rings. The number of nitrogens with zero attached hydrogens (tertiary/aromatic N) is 2. The number of anilines is 2. The zero-order valence-electron chi connectivity index (χ0n) is 14.2. The Morgan fingerprint density at radius 2 is 1.66 bits per heavy atom. The predicted octanol–water partition coefficient (Wildman–Crippen LogP) is 6.47. The number of para-hydroxylation sites is 1. The van der Waals surface area contributed by atoms with Crippen molar-refractivity contribution < 1.29 is 26.3 Å². The molecule has 0 aliphatic rings. The third-order valence-corrected chi connectivity index (χ3v) is 4.79. The van der Waals surface area contributed by atoms with Crippen LogP contribution in [0.4, 0.5) is 37.2 Å². The molecule has 2 heterocycles. The second kappa shape index (κ2) is 6.76. The van der Waals surface area contributed by atoms with Gasteiger partial charge in [0.2, 0.25) is 0 Å². The maximum absolute atomic E-state index is 13.1. The van der Waals surface area contributed by atoms with Crippen LogP contribution in [0.3, 0.4) is 0 Å². The minimum absolute atomic E-state index is 0.111. The molecule has 0 saturated heterocycles. The molecule has 4 rings (SSSR count). The number of imidazole rings is 1. The van der Waals surface area contributed by atoms with E-state index in [1.165, 1.54) is 24.3 Å². The molecule has 0 radical (unpaired) electrons. The molecule has 150 valence electrons. The largest absolute Gasteiger partial charge is 0.418 e. The highest BCUT2D eigenvalue weighted by molar-refractivity contribution is 7.14. The van der Waals surface area contributed by atoms with Gasteiger partial charge in [-0.15, -0.1) is 11.3 Å². The molecular weight excluding hydrogens is 418 g/mol. The molecule has 0 aliphatic heterocycles. The Morgan fingerprint density at radius 3 is 2.38 bits per heavy atom. The van der Waals surface area contributed by atoms with E-state index in [4.69, 9.17) is 0 Å². The highest BCUT2D eigenvalue weighted by Gasteiger charge is 2.33. The van der Waals surface area contributed by atoms with Crippen molar-refractivity contribution in [3.8, 4) is 11.5 Å². The topological polar surface area (TPSA) is 53.6 Å². The minimum atomic E-state index is -4.53. The molecule has 0 amide bonds. The molecule has 4 aromatic rings. The molecule has 0 atom stereocenters. The summed E-state index contributed by atoms with van der Waals surface area (Å²) in [5, 5.41) is 4.36. The number of alkyl halides is 6. The first kappa shape index (κ1) is 19.2. The SMILES string of the molecule is FC(F)(F)c1ccc2[nH]c(-c3csc(Nc4ccccc4C(F)(F)F)n3)nc2c1. The van der Waals surface area contributed by atoms with Gasteiger partial charge in [0.25, 0.3) is 0 Å². The van der Waals surface area contributed by atoms with E-state index in [0.29, 0.717) is 11.2 Å². The summed E-state index contributed by atoms with van der Waals surface area (Å²) in [6, 6.07) is 8.10. The van der Waals surface area contributed by atoms with Gasteiger partial charge in [0.15, 0.2) is 11.0 Å². The summed E-state index contributed by atoms with van der Waals surface area (Å²) in [5.41, 5.74) is -1.02. The van der Waals surface area contributed by atoms with Crippen LogP contribution >= 0.6 is 11.3 Å². The van der Waals surface area contributed by atoms with Crippen molar-refractivity contribution in [1.29, 1.82) is 0 Å². The summed E-state index contributed by atoms with van der Waals surface area (Å²) in [7, 11) is 0. The number of H-pyrrole nitrogens is 1. The first-order chi connectivity index (χ1) is 13.6. The van der Waals surface area contributed by atoms with E-state index in [2.05, 4.69) is 20.3 Å². The predicted molar refractivity (Wildman–Crippen MR) is 96.9 cm³/mol. The molecule has 29 heavy (non-hydrogen) atoms. The van der Waals surface area contributed by atoms with Gasteiger partial charge in [-0.3, -0.25) is 0 Å². The van der Waals surface area contributed by atoms with E-state index in [1.807, 2.05) is 0 Å². The normalized spacial score (nSPS) is 12.5. The van der Waals surface area contributed by atoms with Gasteiger partial charge in [-0.25, -0.2) is 9.97 Å². The number of rotatable bonds is 3. The summed E-state index contributed by atoms with van der Waals surface area (Å²) in [4.78, 5) is 11.2. The number of thiazole rings is 1. The van der Waals surface area contributed by atoms with Crippen molar-refractivity contribution in [1.82, 2.24) is 15.0 Å². The third-order valence-electron chi connectivity index (χ3n) is 4.03. The van der Waals surface area contributed by atoms with Crippen LogP contribution in [0.1, 0.15) is 11.1 Å². The van der Waals surface area contributed by atoms with Crippen LogP contribution in [0.15, 0.2) is 47.8 Å². The Morgan fingerprint density at radius 1 is 0.897 bits per heavy atom. The van der Waals surface area contributed by atoms with E-state index in [0.717, 1.165) is 29.5 Å². The molecule has 0 spiro atoms. The van der Waals surface area contributed by atoms with Crippen LogP contribution in [0.5, 0.6) is 0 Å². The number of halogens is 6. The van der Waals surface area contributed by atoms with Crippen molar-refractivity contribution in [3.63, 3.8) is 0 Å². The Balaban J connectivity index is 1.63. The third kappa shape index (κ3) is 3.90. The second-order valence-corrected chi connectivity index (χ2v) is 6.88. The van der Waals surface area contributed by atoms with Crippen molar-refractivity contribution in [2.24, 2.45) is 0 Å². The molecule has 0 unspecified atom stereocenters. The van der Waals surface area contributed by atoms with Gasteiger partial charge in [0.1, 0.15) is 5.69 Å². The number of fused-ring (bicyclic) bond motifs is 1. The number of nitrogens with one attached hydrogen (secondary N) is 2. The van der Waals surface area contributed by atoms with Crippen LogP contribution in [0, 0.1) is 0 Å². The maximum Gasteiger partial charge on any atom is 0.418 e. The van der Waals surface area contributed by atoms with Crippen molar-refractivity contribution in [3.05, 3.63) is 59.0 Å². The number of aromatic amines is 1. The lowest BCUT2D eigenvalue weighted by molar-refractivity contribution is -0.138. The molecular formula is C18H10F6N4S. The van der Waals surface area contributed by atoms with Gasteiger partial charge in [-0.2, -0.15) is 26.3 Å². The van der Waals surface area contributed by atoms with Crippen LogP contribution in [0.2, 0.25) is 0 Å². The van der Waals surface area contributed by atoms with Gasteiger partial charge in [0, 0.05) is 5.38 Å². The Labute approximate surface area is 163 Å².